The van der Waals surface area contributed by atoms with E-state index in [4.69, 9.17) is 0 Å². The Kier molecular flexibility index (Phi) is 5.05. The lowest BCUT2D eigenvalue weighted by Crippen LogP contribution is -2.29. The first-order chi connectivity index (χ1) is 13.2. The molecule has 1 atom stereocenters. The van der Waals surface area contributed by atoms with Crippen molar-refractivity contribution in [1.82, 2.24) is 24.6 Å². The van der Waals surface area contributed by atoms with Crippen LogP contribution in [-0.4, -0.2) is 25.2 Å². The van der Waals surface area contributed by atoms with E-state index < -0.39 is 0 Å². The van der Waals surface area contributed by atoms with Crippen molar-refractivity contribution < 1.29 is 4.79 Å². The molecule has 2 aromatic heterocycles. The molecule has 0 saturated heterocycles. The van der Waals surface area contributed by atoms with Gasteiger partial charge in [0.15, 0.2) is 5.82 Å². The largest absolute Gasteiger partial charge is 0.350 e. The summed E-state index contributed by atoms with van der Waals surface area (Å²) in [6, 6.07) is 12.1. The number of carbonyl (C=O) groups is 1. The Morgan fingerprint density at radius 1 is 1.19 bits per heavy atom. The first-order valence-corrected chi connectivity index (χ1v) is 9.60. The molecule has 140 valence electrons. The van der Waals surface area contributed by atoms with Crippen molar-refractivity contribution in [3.05, 3.63) is 72.1 Å². The number of benzene rings is 1. The topological polar surface area (TPSA) is 64.7 Å². The monoisotopic (exact) mass is 363 g/mol. The van der Waals surface area contributed by atoms with Gasteiger partial charge >= 0.3 is 0 Å². The molecule has 0 aliphatic heterocycles. The number of nitrogens with zero attached hydrogens (tertiary/aromatic N) is 4. The Hall–Kier alpha value is -2.89. The Bertz CT molecular complexity index is 876. The number of carbonyl (C=O) groups excluding carboxylic acids is 1. The van der Waals surface area contributed by atoms with Crippen molar-refractivity contribution in [3.8, 4) is 0 Å². The molecule has 1 saturated carbocycles. The summed E-state index contributed by atoms with van der Waals surface area (Å²) in [6.07, 6.45) is 10.7. The normalized spacial score (nSPS) is 15.7. The van der Waals surface area contributed by atoms with Crippen LogP contribution in [0, 0.1) is 0 Å². The molecule has 0 bridgehead atoms. The third-order valence-corrected chi connectivity index (χ3v) is 5.30. The minimum atomic E-state index is -0.180. The summed E-state index contributed by atoms with van der Waals surface area (Å²) in [5, 5.41) is 11.4. The number of aromatic nitrogens is 4. The van der Waals surface area contributed by atoms with E-state index in [9.17, 15) is 4.79 Å². The quantitative estimate of drug-likeness (QED) is 0.726. The van der Waals surface area contributed by atoms with Crippen molar-refractivity contribution in [2.75, 3.05) is 0 Å². The predicted molar refractivity (Wildman–Crippen MR) is 103 cm³/mol. The van der Waals surface area contributed by atoms with Crippen LogP contribution in [0.4, 0.5) is 0 Å². The van der Waals surface area contributed by atoms with Crippen molar-refractivity contribution in [3.63, 3.8) is 0 Å². The summed E-state index contributed by atoms with van der Waals surface area (Å²) in [5.74, 6) is 0.746. The third kappa shape index (κ3) is 3.94. The number of amides is 1. The lowest BCUT2D eigenvalue weighted by atomic mass is 10.1. The van der Waals surface area contributed by atoms with Gasteiger partial charge in [0.1, 0.15) is 6.33 Å². The summed E-state index contributed by atoms with van der Waals surface area (Å²) >= 11 is 0. The van der Waals surface area contributed by atoms with E-state index in [1.807, 2.05) is 55.7 Å². The van der Waals surface area contributed by atoms with Crippen molar-refractivity contribution in [2.24, 2.45) is 0 Å². The molecule has 6 heteroatoms. The number of hydrogen-bond acceptors (Lipinski definition) is 3. The fourth-order valence-electron chi connectivity index (χ4n) is 3.82. The summed E-state index contributed by atoms with van der Waals surface area (Å²) in [4.78, 5) is 12.6. The van der Waals surface area contributed by atoms with Gasteiger partial charge in [0.2, 0.25) is 0 Å². The van der Waals surface area contributed by atoms with Crippen LogP contribution in [0.2, 0.25) is 0 Å². The maximum atomic E-state index is 12.6. The highest BCUT2D eigenvalue weighted by Gasteiger charge is 2.23. The van der Waals surface area contributed by atoms with Crippen LogP contribution in [0.25, 0.3) is 0 Å². The van der Waals surface area contributed by atoms with Crippen molar-refractivity contribution in [2.45, 2.75) is 51.2 Å². The van der Waals surface area contributed by atoms with Crippen molar-refractivity contribution in [1.29, 1.82) is 0 Å². The summed E-state index contributed by atoms with van der Waals surface area (Å²) < 4.78 is 4.24. The van der Waals surface area contributed by atoms with Crippen LogP contribution < -0.4 is 5.32 Å². The van der Waals surface area contributed by atoms with Gasteiger partial charge in [-0.1, -0.05) is 25.0 Å². The van der Waals surface area contributed by atoms with Crippen LogP contribution in [0.1, 0.15) is 66.4 Å². The van der Waals surface area contributed by atoms with Gasteiger partial charge in [-0.25, -0.2) is 0 Å². The van der Waals surface area contributed by atoms with E-state index in [0.717, 1.165) is 30.8 Å². The lowest BCUT2D eigenvalue weighted by molar-refractivity contribution is 0.0937. The molecule has 3 aromatic rings. The second-order valence-corrected chi connectivity index (χ2v) is 7.28. The Morgan fingerprint density at radius 2 is 1.89 bits per heavy atom. The highest BCUT2D eigenvalue weighted by molar-refractivity contribution is 5.94. The lowest BCUT2D eigenvalue weighted by Gasteiger charge is -2.18. The van der Waals surface area contributed by atoms with E-state index in [1.165, 1.54) is 12.8 Å². The minimum Gasteiger partial charge on any atom is -0.350 e. The van der Waals surface area contributed by atoms with E-state index in [2.05, 4.69) is 24.6 Å². The van der Waals surface area contributed by atoms with Gasteiger partial charge in [0.25, 0.3) is 5.91 Å². The van der Waals surface area contributed by atoms with Gasteiger partial charge in [-0.2, -0.15) is 0 Å². The van der Waals surface area contributed by atoms with Crippen molar-refractivity contribution >= 4 is 5.91 Å². The maximum Gasteiger partial charge on any atom is 0.251 e. The van der Waals surface area contributed by atoms with Crippen LogP contribution >= 0.6 is 0 Å². The average molecular weight is 363 g/mol. The molecule has 1 N–H and O–H groups in total. The molecule has 1 aliphatic carbocycles. The molecule has 4 rings (SSSR count). The molecule has 0 unspecified atom stereocenters. The van der Waals surface area contributed by atoms with E-state index >= 15 is 0 Å². The fraction of sp³-hybridized carbons (Fsp3) is 0.381. The van der Waals surface area contributed by atoms with Gasteiger partial charge in [-0.3, -0.25) is 4.79 Å². The first kappa shape index (κ1) is 17.5. The molecule has 0 radical (unpaired) electrons. The molecule has 2 heterocycles. The zero-order valence-electron chi connectivity index (χ0n) is 15.6. The highest BCUT2D eigenvalue weighted by atomic mass is 16.1. The average Bonchev–Trinajstić information content (AvgIpc) is 3.43. The summed E-state index contributed by atoms with van der Waals surface area (Å²) in [6.45, 7) is 2.77. The second-order valence-electron chi connectivity index (χ2n) is 7.28. The minimum absolute atomic E-state index is 0.0870. The molecular weight excluding hydrogens is 338 g/mol. The second kappa shape index (κ2) is 7.78. The van der Waals surface area contributed by atoms with Gasteiger partial charge in [-0.15, -0.1) is 10.2 Å². The molecule has 0 spiro atoms. The van der Waals surface area contributed by atoms with E-state index in [0.29, 0.717) is 11.6 Å². The summed E-state index contributed by atoms with van der Waals surface area (Å²) in [7, 11) is 0. The predicted octanol–water partition coefficient (Wildman–Crippen LogP) is 3.73. The highest BCUT2D eigenvalue weighted by Crippen LogP contribution is 2.31. The van der Waals surface area contributed by atoms with Gasteiger partial charge in [0.05, 0.1) is 6.04 Å². The maximum absolute atomic E-state index is 12.6. The molecule has 1 fully saturated rings. The zero-order chi connectivity index (χ0) is 18.6. The molecule has 27 heavy (non-hydrogen) atoms. The fourth-order valence-corrected chi connectivity index (χ4v) is 3.82. The molecule has 1 aliphatic rings. The zero-order valence-corrected chi connectivity index (χ0v) is 15.6. The van der Waals surface area contributed by atoms with Crippen LogP contribution in [0.15, 0.2) is 55.1 Å². The third-order valence-electron chi connectivity index (χ3n) is 5.30. The van der Waals surface area contributed by atoms with Crippen LogP contribution in [-0.2, 0) is 6.54 Å². The number of hydrogen-bond donors (Lipinski definition) is 1. The van der Waals surface area contributed by atoms with Gasteiger partial charge in [0, 0.05) is 30.5 Å². The number of rotatable bonds is 6. The molecule has 6 nitrogen and oxygen atoms in total. The Labute approximate surface area is 159 Å². The summed E-state index contributed by atoms with van der Waals surface area (Å²) in [5.41, 5.74) is 1.82. The first-order valence-electron chi connectivity index (χ1n) is 9.60. The number of nitrogens with one attached hydrogen (secondary N) is 1. The smallest absolute Gasteiger partial charge is 0.251 e. The van der Waals surface area contributed by atoms with Crippen LogP contribution in [0.3, 0.4) is 0 Å². The van der Waals surface area contributed by atoms with E-state index in [-0.39, 0.29) is 11.9 Å². The molecule has 1 aromatic carbocycles. The Morgan fingerprint density at radius 3 is 2.59 bits per heavy atom. The van der Waals surface area contributed by atoms with Gasteiger partial charge < -0.3 is 14.5 Å². The Balaban J connectivity index is 1.40. The van der Waals surface area contributed by atoms with Gasteiger partial charge in [-0.05, 0) is 49.6 Å². The SMILES string of the molecule is C[C@@H](NC(=O)c1ccc(Cn2cccc2)cc1)c1nncn1C1CCCC1. The molecular formula is C21H25N5O. The standard InChI is InChI=1S/C21H25N5O/c1-16(20-24-22-15-26(20)19-6-2-3-7-19)23-21(27)18-10-8-17(9-11-18)14-25-12-4-5-13-25/h4-5,8-13,15-16,19H,2-3,6-7,14H2,1H3,(H,23,27)/t16-/m1/s1. The molecule has 1 amide bonds. The van der Waals surface area contributed by atoms with Crippen LogP contribution in [0.5, 0.6) is 0 Å². The van der Waals surface area contributed by atoms with E-state index in [1.54, 1.807) is 6.33 Å².